The minimum Gasteiger partial charge on any atom is -0.456 e. The van der Waals surface area contributed by atoms with Crippen LogP contribution < -0.4 is 9.80 Å². The molecule has 4 heteroatoms. The monoisotopic (exact) mass is 868 g/mol. The smallest absolute Gasteiger partial charge is 0.138 e. The molecule has 14 rings (SSSR count). The molecule has 318 valence electrons. The van der Waals surface area contributed by atoms with Crippen LogP contribution in [-0.2, 0) is 0 Å². The molecule has 0 atom stereocenters. The zero-order chi connectivity index (χ0) is 44.7. The van der Waals surface area contributed by atoms with Gasteiger partial charge in [-0.25, -0.2) is 0 Å². The molecule has 0 fully saturated rings. The molecule has 0 spiro atoms. The van der Waals surface area contributed by atoms with Gasteiger partial charge in [-0.1, -0.05) is 170 Å². The molecule has 0 N–H and O–H groups in total. The van der Waals surface area contributed by atoms with E-state index in [9.17, 15) is 0 Å². The second-order valence-corrected chi connectivity index (χ2v) is 17.6. The summed E-state index contributed by atoms with van der Waals surface area (Å²) in [5, 5.41) is 14.0. The van der Waals surface area contributed by atoms with Crippen LogP contribution in [0.1, 0.15) is 0 Å². The van der Waals surface area contributed by atoms with Crippen molar-refractivity contribution in [1.29, 1.82) is 0 Å². The molecule has 4 nitrogen and oxygen atoms in total. The summed E-state index contributed by atoms with van der Waals surface area (Å²) < 4.78 is 13.4. The van der Waals surface area contributed by atoms with Gasteiger partial charge in [-0.15, -0.1) is 0 Å². The van der Waals surface area contributed by atoms with Gasteiger partial charge in [-0.3, -0.25) is 0 Å². The van der Waals surface area contributed by atoms with Crippen molar-refractivity contribution in [3.63, 3.8) is 0 Å². The summed E-state index contributed by atoms with van der Waals surface area (Å²) >= 11 is 0. The summed E-state index contributed by atoms with van der Waals surface area (Å²) in [4.78, 5) is 4.70. The Bertz CT molecular complexity index is 3970. The Kier molecular flexibility index (Phi) is 8.55. The van der Waals surface area contributed by atoms with Crippen LogP contribution in [0, 0.1) is 0 Å². The summed E-state index contributed by atoms with van der Waals surface area (Å²) in [7, 11) is 0. The van der Waals surface area contributed by atoms with Crippen molar-refractivity contribution in [3.8, 4) is 11.1 Å². The summed E-state index contributed by atoms with van der Waals surface area (Å²) in [5.74, 6) is 0. The molecule has 0 saturated carbocycles. The van der Waals surface area contributed by atoms with E-state index in [1.165, 1.54) is 21.5 Å². The van der Waals surface area contributed by atoms with Crippen LogP contribution in [0.2, 0.25) is 0 Å². The second-order valence-electron chi connectivity index (χ2n) is 17.6. The van der Waals surface area contributed by atoms with Crippen LogP contribution in [0.25, 0.3) is 98.1 Å². The quantitative estimate of drug-likeness (QED) is 0.160. The van der Waals surface area contributed by atoms with Crippen molar-refractivity contribution in [1.82, 2.24) is 0 Å². The minimum atomic E-state index is 0.867. The first-order valence-electron chi connectivity index (χ1n) is 23.2. The maximum absolute atomic E-state index is 6.72. The average molecular weight is 869 g/mol. The molecule has 2 heterocycles. The van der Waals surface area contributed by atoms with Crippen LogP contribution in [-0.4, -0.2) is 0 Å². The Hall–Kier alpha value is -9.12. The first-order chi connectivity index (χ1) is 33.7. The first kappa shape index (κ1) is 38.2. The lowest BCUT2D eigenvalue weighted by molar-refractivity contribution is 0.669. The lowest BCUT2D eigenvalue weighted by atomic mass is 9.97. The fourth-order valence-electron chi connectivity index (χ4n) is 10.7. The molecule has 0 aliphatic rings. The van der Waals surface area contributed by atoms with Gasteiger partial charge in [0, 0.05) is 67.2 Å². The van der Waals surface area contributed by atoms with E-state index in [4.69, 9.17) is 8.83 Å². The van der Waals surface area contributed by atoms with Crippen LogP contribution in [0.4, 0.5) is 34.1 Å². The third kappa shape index (κ3) is 5.94. The Labute approximate surface area is 391 Å². The van der Waals surface area contributed by atoms with E-state index in [-0.39, 0.29) is 0 Å². The zero-order valence-corrected chi connectivity index (χ0v) is 36.8. The van der Waals surface area contributed by atoms with Crippen LogP contribution >= 0.6 is 0 Å². The van der Waals surface area contributed by atoms with Crippen LogP contribution in [0.5, 0.6) is 0 Å². The third-order valence-electron chi connectivity index (χ3n) is 13.8. The number of hydrogen-bond donors (Lipinski definition) is 0. The predicted octanol–water partition coefficient (Wildman–Crippen LogP) is 18.7. The van der Waals surface area contributed by atoms with Crippen molar-refractivity contribution >= 4 is 121 Å². The highest BCUT2D eigenvalue weighted by molar-refractivity contribution is 6.30. The van der Waals surface area contributed by atoms with Crippen molar-refractivity contribution in [3.05, 3.63) is 243 Å². The van der Waals surface area contributed by atoms with Gasteiger partial charge < -0.3 is 18.6 Å². The molecule has 0 aliphatic carbocycles. The van der Waals surface area contributed by atoms with Crippen LogP contribution in [0.15, 0.2) is 251 Å². The highest BCUT2D eigenvalue weighted by Crippen LogP contribution is 2.48. The maximum atomic E-state index is 6.72. The normalized spacial score (nSPS) is 11.8. The summed E-state index contributed by atoms with van der Waals surface area (Å²) in [6.45, 7) is 0. The molecular weight excluding hydrogens is 829 g/mol. The van der Waals surface area contributed by atoms with Crippen molar-refractivity contribution in [2.75, 3.05) is 9.80 Å². The molecule has 0 aliphatic heterocycles. The Balaban J connectivity index is 0.872. The topological polar surface area (TPSA) is 32.8 Å². The average Bonchev–Trinajstić information content (AvgIpc) is 3.99. The van der Waals surface area contributed by atoms with Gasteiger partial charge in [0.2, 0.25) is 0 Å². The Morgan fingerprint density at radius 2 is 0.559 bits per heavy atom. The number of para-hydroxylation sites is 2. The number of fused-ring (bicyclic) bond motifs is 14. The molecule has 2 aromatic heterocycles. The highest BCUT2D eigenvalue weighted by atomic mass is 16.3. The summed E-state index contributed by atoms with van der Waals surface area (Å²) in [5.41, 5.74) is 12.1. The number of furan rings is 2. The number of rotatable bonds is 7. The lowest BCUT2D eigenvalue weighted by Gasteiger charge is -2.27. The van der Waals surface area contributed by atoms with E-state index in [1.54, 1.807) is 0 Å². The standard InChI is InChI=1S/C64H40N2O2/c1-3-17-45(18-4-1)65(55-39-59-63(53-25-13-11-23-51(53)55)61-49-21-9-7-15-43(49)31-37-57(61)67-59)47-33-27-41(28-34-47)42-29-35-48(36-30-42)66(46-19-5-2-6-20-46)56-40-60-64(54-26-14-12-24-52(54)56)62-50-22-10-8-16-44(50)32-38-58(62)68-60/h1-40H. The molecule has 12 aromatic carbocycles. The number of benzene rings is 12. The van der Waals surface area contributed by atoms with E-state index >= 15 is 0 Å². The van der Waals surface area contributed by atoms with E-state index in [1.807, 2.05) is 0 Å². The van der Waals surface area contributed by atoms with Gasteiger partial charge in [0.05, 0.1) is 11.4 Å². The second kappa shape index (κ2) is 15.2. The Morgan fingerprint density at radius 3 is 0.971 bits per heavy atom. The van der Waals surface area contributed by atoms with E-state index < -0.39 is 0 Å². The largest absolute Gasteiger partial charge is 0.456 e. The fourth-order valence-corrected chi connectivity index (χ4v) is 10.7. The summed E-state index contributed by atoms with van der Waals surface area (Å²) in [6, 6.07) is 86.7. The molecule has 68 heavy (non-hydrogen) atoms. The first-order valence-corrected chi connectivity index (χ1v) is 23.2. The van der Waals surface area contributed by atoms with Crippen molar-refractivity contribution in [2.24, 2.45) is 0 Å². The van der Waals surface area contributed by atoms with Crippen molar-refractivity contribution in [2.45, 2.75) is 0 Å². The fraction of sp³-hybridized carbons (Fsp3) is 0. The van der Waals surface area contributed by atoms with Gasteiger partial charge in [-0.2, -0.15) is 0 Å². The highest BCUT2D eigenvalue weighted by Gasteiger charge is 2.23. The van der Waals surface area contributed by atoms with Gasteiger partial charge in [-0.05, 0) is 104 Å². The van der Waals surface area contributed by atoms with Crippen molar-refractivity contribution < 1.29 is 8.83 Å². The van der Waals surface area contributed by atoms with Gasteiger partial charge in [0.25, 0.3) is 0 Å². The third-order valence-corrected chi connectivity index (χ3v) is 13.8. The summed E-state index contributed by atoms with van der Waals surface area (Å²) in [6.07, 6.45) is 0. The van der Waals surface area contributed by atoms with E-state index in [0.29, 0.717) is 0 Å². The maximum Gasteiger partial charge on any atom is 0.138 e. The minimum absolute atomic E-state index is 0.867. The molecule has 0 saturated heterocycles. The molecule has 0 unspecified atom stereocenters. The van der Waals surface area contributed by atoms with E-state index in [2.05, 4.69) is 252 Å². The molecule has 14 aromatic rings. The van der Waals surface area contributed by atoms with Gasteiger partial charge in [0.15, 0.2) is 0 Å². The van der Waals surface area contributed by atoms with Gasteiger partial charge >= 0.3 is 0 Å². The number of nitrogens with zero attached hydrogens (tertiary/aromatic N) is 2. The SMILES string of the molecule is c1ccc(N(c2ccc(-c3ccc(N(c4ccccc4)c4cc5oc6ccc7ccccc7c6c5c5ccccc45)cc3)cc2)c2cc3oc4ccc5ccccc5c4c3c3ccccc23)cc1. The lowest BCUT2D eigenvalue weighted by Crippen LogP contribution is -2.10. The molecule has 0 bridgehead atoms. The number of hydrogen-bond acceptors (Lipinski definition) is 4. The van der Waals surface area contributed by atoms with Gasteiger partial charge in [0.1, 0.15) is 22.3 Å². The van der Waals surface area contributed by atoms with E-state index in [0.717, 1.165) is 111 Å². The Morgan fingerprint density at radius 1 is 0.235 bits per heavy atom. The predicted molar refractivity (Wildman–Crippen MR) is 286 cm³/mol. The molecular formula is C64H40N2O2. The molecule has 0 radical (unpaired) electrons. The van der Waals surface area contributed by atoms with Crippen LogP contribution in [0.3, 0.4) is 0 Å². The zero-order valence-electron chi connectivity index (χ0n) is 36.8. The molecule has 0 amide bonds. The number of anilines is 6.